The molecule has 118 valence electrons. The van der Waals surface area contributed by atoms with Crippen molar-refractivity contribution in [3.8, 4) is 0 Å². The van der Waals surface area contributed by atoms with Crippen LogP contribution in [0.3, 0.4) is 0 Å². The van der Waals surface area contributed by atoms with Gasteiger partial charge in [0.05, 0.1) is 33.9 Å². The fourth-order valence-electron chi connectivity index (χ4n) is 1.50. The highest BCUT2D eigenvalue weighted by molar-refractivity contribution is 7.92. The quantitative estimate of drug-likeness (QED) is 0.749. The van der Waals surface area contributed by atoms with Crippen LogP contribution >= 0.6 is 46.4 Å². The third-order valence-corrected chi connectivity index (χ3v) is 4.10. The van der Waals surface area contributed by atoms with Crippen molar-refractivity contribution in [3.63, 3.8) is 0 Å². The molecule has 2 rings (SSSR count). The van der Waals surface area contributed by atoms with E-state index in [1.807, 2.05) is 0 Å². The second kappa shape index (κ2) is 6.64. The van der Waals surface area contributed by atoms with Crippen LogP contribution in [0.25, 0.3) is 0 Å². The van der Waals surface area contributed by atoms with Gasteiger partial charge in [0.1, 0.15) is 5.02 Å². The Hall–Kier alpha value is -0.990. The largest absolute Gasteiger partial charge is 0.337 e. The Morgan fingerprint density at radius 2 is 1.59 bits per heavy atom. The van der Waals surface area contributed by atoms with Gasteiger partial charge in [0.15, 0.2) is 5.82 Å². The highest BCUT2D eigenvalue weighted by atomic mass is 35.5. The lowest BCUT2D eigenvalue weighted by atomic mass is 10.2. The molecule has 0 bridgehead atoms. The van der Waals surface area contributed by atoms with Crippen molar-refractivity contribution in [2.75, 3.05) is 16.3 Å². The van der Waals surface area contributed by atoms with Crippen LogP contribution in [-0.4, -0.2) is 24.6 Å². The van der Waals surface area contributed by atoms with Crippen LogP contribution in [0, 0.1) is 0 Å². The minimum Gasteiger partial charge on any atom is -0.337 e. The van der Waals surface area contributed by atoms with Gasteiger partial charge in [-0.3, -0.25) is 4.72 Å². The van der Waals surface area contributed by atoms with E-state index in [1.54, 1.807) is 0 Å². The van der Waals surface area contributed by atoms with Gasteiger partial charge in [-0.25, -0.2) is 13.4 Å². The minimum absolute atomic E-state index is 0.0235. The zero-order chi connectivity index (χ0) is 16.5. The van der Waals surface area contributed by atoms with Gasteiger partial charge in [-0.05, 0) is 23.7 Å². The van der Waals surface area contributed by atoms with Crippen molar-refractivity contribution in [1.82, 2.24) is 9.97 Å². The van der Waals surface area contributed by atoms with Crippen molar-refractivity contribution in [1.29, 1.82) is 0 Å². The van der Waals surface area contributed by atoms with E-state index in [-0.39, 0.29) is 31.9 Å². The summed E-state index contributed by atoms with van der Waals surface area (Å²) in [5.74, 6) is 0.191. The summed E-state index contributed by atoms with van der Waals surface area (Å²) in [6.45, 7) is 0. The Morgan fingerprint density at radius 1 is 1.00 bits per heavy atom. The first kappa shape index (κ1) is 17.4. The van der Waals surface area contributed by atoms with E-state index >= 15 is 0 Å². The van der Waals surface area contributed by atoms with Gasteiger partial charge in [-0.2, -0.15) is 4.98 Å². The SMILES string of the molecule is CS(=O)(=O)Nc1cc(Cl)c(Cl)cc1Nc1nc(Cl)ncc1Cl. The molecule has 0 unspecified atom stereocenters. The second-order valence-corrected chi connectivity index (χ2v) is 7.45. The zero-order valence-electron chi connectivity index (χ0n) is 10.9. The summed E-state index contributed by atoms with van der Waals surface area (Å²) < 4.78 is 25.2. The van der Waals surface area contributed by atoms with Crippen molar-refractivity contribution >= 4 is 73.6 Å². The molecule has 1 aromatic carbocycles. The average Bonchev–Trinajstić information content (AvgIpc) is 2.38. The Labute approximate surface area is 146 Å². The third kappa shape index (κ3) is 4.50. The molecular formula is C11H8Cl4N4O2S. The molecule has 0 amide bonds. The highest BCUT2D eigenvalue weighted by Gasteiger charge is 2.14. The molecule has 2 aromatic rings. The first-order valence-corrected chi connectivity index (χ1v) is 8.98. The second-order valence-electron chi connectivity index (χ2n) is 4.15. The van der Waals surface area contributed by atoms with Gasteiger partial charge in [0.25, 0.3) is 0 Å². The number of benzene rings is 1. The molecule has 0 atom stereocenters. The predicted octanol–water partition coefficient (Wildman–Crippen LogP) is 4.21. The summed E-state index contributed by atoms with van der Waals surface area (Å²) in [6, 6.07) is 2.80. The number of nitrogens with zero attached hydrogens (tertiary/aromatic N) is 2. The summed E-state index contributed by atoms with van der Waals surface area (Å²) in [4.78, 5) is 7.63. The van der Waals surface area contributed by atoms with Crippen LogP contribution in [-0.2, 0) is 10.0 Å². The monoisotopic (exact) mass is 400 g/mol. The smallest absolute Gasteiger partial charge is 0.229 e. The lowest BCUT2D eigenvalue weighted by Crippen LogP contribution is -2.11. The molecule has 0 saturated carbocycles. The molecule has 0 radical (unpaired) electrons. The summed E-state index contributed by atoms with van der Waals surface area (Å²) in [7, 11) is -3.52. The van der Waals surface area contributed by atoms with Gasteiger partial charge >= 0.3 is 0 Å². The van der Waals surface area contributed by atoms with E-state index in [2.05, 4.69) is 20.0 Å². The molecule has 22 heavy (non-hydrogen) atoms. The molecular weight excluding hydrogens is 394 g/mol. The molecule has 0 aliphatic rings. The normalized spacial score (nSPS) is 11.3. The zero-order valence-corrected chi connectivity index (χ0v) is 14.7. The molecule has 11 heteroatoms. The number of rotatable bonds is 4. The number of nitrogens with one attached hydrogen (secondary N) is 2. The lowest BCUT2D eigenvalue weighted by molar-refractivity contribution is 0.607. The maximum absolute atomic E-state index is 11.4. The maximum Gasteiger partial charge on any atom is 0.229 e. The topological polar surface area (TPSA) is 84.0 Å². The maximum atomic E-state index is 11.4. The van der Waals surface area contributed by atoms with Crippen LogP contribution in [0.2, 0.25) is 20.4 Å². The fourth-order valence-corrected chi connectivity index (χ4v) is 2.66. The molecule has 2 N–H and O–H groups in total. The standard InChI is InChI=1S/C11H8Cl4N4O2S/c1-22(20,21)19-9-3-6(13)5(12)2-8(9)17-10-7(14)4-16-11(15)18-10/h2-4,19H,1H3,(H,16,17,18). The van der Waals surface area contributed by atoms with Crippen LogP contribution in [0.1, 0.15) is 0 Å². The van der Waals surface area contributed by atoms with E-state index in [0.717, 1.165) is 6.26 Å². The van der Waals surface area contributed by atoms with E-state index in [1.165, 1.54) is 18.3 Å². The Kier molecular flexibility index (Phi) is 5.24. The van der Waals surface area contributed by atoms with Crippen molar-refractivity contribution in [2.24, 2.45) is 0 Å². The third-order valence-electron chi connectivity index (χ3n) is 2.32. The van der Waals surface area contributed by atoms with Crippen molar-refractivity contribution in [2.45, 2.75) is 0 Å². The first-order valence-electron chi connectivity index (χ1n) is 5.57. The predicted molar refractivity (Wildman–Crippen MR) is 90.3 cm³/mol. The van der Waals surface area contributed by atoms with Gasteiger partial charge in [-0.15, -0.1) is 0 Å². The molecule has 1 aromatic heterocycles. The number of anilines is 3. The summed E-state index contributed by atoms with van der Waals surface area (Å²) in [5.41, 5.74) is 0.485. The van der Waals surface area contributed by atoms with Crippen molar-refractivity contribution in [3.05, 3.63) is 38.7 Å². The summed E-state index contributed by atoms with van der Waals surface area (Å²) in [5, 5.41) is 3.41. The molecule has 0 aliphatic heterocycles. The number of hydrogen-bond acceptors (Lipinski definition) is 5. The minimum atomic E-state index is -3.52. The number of halogens is 4. The van der Waals surface area contributed by atoms with Crippen LogP contribution in [0.15, 0.2) is 18.3 Å². The van der Waals surface area contributed by atoms with Crippen molar-refractivity contribution < 1.29 is 8.42 Å². The molecule has 6 nitrogen and oxygen atoms in total. The van der Waals surface area contributed by atoms with Crippen LogP contribution in [0.5, 0.6) is 0 Å². The Morgan fingerprint density at radius 3 is 2.18 bits per heavy atom. The number of aromatic nitrogens is 2. The first-order chi connectivity index (χ1) is 10.2. The number of hydrogen-bond donors (Lipinski definition) is 2. The number of sulfonamides is 1. The molecule has 0 spiro atoms. The molecule has 0 fully saturated rings. The Balaban J connectivity index is 2.49. The average molecular weight is 402 g/mol. The lowest BCUT2D eigenvalue weighted by Gasteiger charge is -2.14. The van der Waals surface area contributed by atoms with E-state index in [4.69, 9.17) is 46.4 Å². The fraction of sp³-hybridized carbons (Fsp3) is 0.0909. The molecule has 0 aliphatic carbocycles. The molecule has 0 saturated heterocycles. The van der Waals surface area contributed by atoms with E-state index < -0.39 is 10.0 Å². The van der Waals surface area contributed by atoms with Gasteiger partial charge in [-0.1, -0.05) is 34.8 Å². The Bertz CT molecular complexity index is 829. The summed E-state index contributed by atoms with van der Waals surface area (Å²) in [6.07, 6.45) is 2.31. The van der Waals surface area contributed by atoms with Gasteiger partial charge in [0, 0.05) is 0 Å². The van der Waals surface area contributed by atoms with Gasteiger partial charge in [0.2, 0.25) is 15.3 Å². The highest BCUT2D eigenvalue weighted by Crippen LogP contribution is 2.35. The van der Waals surface area contributed by atoms with Crippen LogP contribution in [0.4, 0.5) is 17.2 Å². The van der Waals surface area contributed by atoms with Crippen LogP contribution < -0.4 is 10.0 Å². The van der Waals surface area contributed by atoms with Gasteiger partial charge < -0.3 is 5.32 Å². The summed E-state index contributed by atoms with van der Waals surface area (Å²) >= 11 is 23.5. The molecule has 1 heterocycles. The van der Waals surface area contributed by atoms with E-state index in [0.29, 0.717) is 5.69 Å². The van der Waals surface area contributed by atoms with E-state index in [9.17, 15) is 8.42 Å².